The van der Waals surface area contributed by atoms with Crippen LogP contribution in [0.25, 0.3) is 10.2 Å². The molecule has 0 bridgehead atoms. The Morgan fingerprint density at radius 2 is 1.88 bits per heavy atom. The lowest BCUT2D eigenvalue weighted by Gasteiger charge is -2.10. The van der Waals surface area contributed by atoms with Crippen molar-refractivity contribution in [3.8, 4) is 0 Å². The van der Waals surface area contributed by atoms with Crippen molar-refractivity contribution in [3.63, 3.8) is 0 Å². The maximum Gasteiger partial charge on any atom is 0.262 e. The van der Waals surface area contributed by atoms with Gasteiger partial charge in [-0.05, 0) is 38.1 Å². The summed E-state index contributed by atoms with van der Waals surface area (Å²) in [6.07, 6.45) is 0. The molecule has 8 heteroatoms. The Bertz CT molecular complexity index is 990. The largest absolute Gasteiger partial charge is 0.324 e. The molecule has 0 aliphatic carbocycles. The van der Waals surface area contributed by atoms with Crippen molar-refractivity contribution in [2.45, 2.75) is 20.4 Å². The van der Waals surface area contributed by atoms with Gasteiger partial charge < -0.3 is 5.32 Å². The lowest BCUT2D eigenvalue weighted by atomic mass is 10.3. The number of hydrogen-bond acceptors (Lipinski definition) is 4. The van der Waals surface area contributed by atoms with Gasteiger partial charge in [0.2, 0.25) is 5.91 Å². The fraction of sp³-hybridized carbons (Fsp3) is 0.188. The maximum absolute atomic E-state index is 12.6. The minimum Gasteiger partial charge on any atom is -0.324 e. The van der Waals surface area contributed by atoms with Crippen molar-refractivity contribution >= 4 is 56.3 Å². The molecule has 0 saturated heterocycles. The number of amides is 1. The van der Waals surface area contributed by atoms with Crippen molar-refractivity contribution < 1.29 is 4.79 Å². The van der Waals surface area contributed by atoms with Crippen molar-refractivity contribution in [3.05, 3.63) is 55.4 Å². The maximum atomic E-state index is 12.6. The van der Waals surface area contributed by atoms with Crippen LogP contribution < -0.4 is 10.9 Å². The molecule has 2 aromatic heterocycles. The SMILES string of the molecule is Cc1cc2c(=O)n(CC(=O)Nc3cc(Cl)cc(Cl)c3)c(C)nc2s1. The number of carbonyl (C=O) groups is 1. The number of fused-ring (bicyclic) bond motifs is 1. The van der Waals surface area contributed by atoms with Gasteiger partial charge in [0.05, 0.1) is 5.39 Å². The van der Waals surface area contributed by atoms with Crippen LogP contribution in [0.4, 0.5) is 5.69 Å². The number of aryl methyl sites for hydroxylation is 2. The number of carbonyl (C=O) groups excluding carboxylic acids is 1. The lowest BCUT2D eigenvalue weighted by molar-refractivity contribution is -0.116. The second-order valence-electron chi connectivity index (χ2n) is 5.33. The fourth-order valence-corrected chi connectivity index (χ4v) is 3.84. The Kier molecular flexibility index (Phi) is 4.62. The Labute approximate surface area is 151 Å². The molecule has 1 N–H and O–H groups in total. The van der Waals surface area contributed by atoms with E-state index in [9.17, 15) is 9.59 Å². The zero-order chi connectivity index (χ0) is 17.4. The summed E-state index contributed by atoms with van der Waals surface area (Å²) >= 11 is 13.3. The quantitative estimate of drug-likeness (QED) is 0.744. The van der Waals surface area contributed by atoms with E-state index in [-0.39, 0.29) is 18.0 Å². The minimum absolute atomic E-state index is 0.132. The van der Waals surface area contributed by atoms with E-state index in [1.807, 2.05) is 6.92 Å². The zero-order valence-electron chi connectivity index (χ0n) is 12.9. The first kappa shape index (κ1) is 17.0. The number of nitrogens with zero attached hydrogens (tertiary/aromatic N) is 2. The van der Waals surface area contributed by atoms with E-state index in [0.29, 0.717) is 31.8 Å². The van der Waals surface area contributed by atoms with E-state index in [1.54, 1.807) is 31.2 Å². The van der Waals surface area contributed by atoms with Crippen molar-refractivity contribution in [2.24, 2.45) is 0 Å². The van der Waals surface area contributed by atoms with Crippen LogP contribution in [0, 0.1) is 13.8 Å². The number of aromatic nitrogens is 2. The van der Waals surface area contributed by atoms with Gasteiger partial charge in [-0.15, -0.1) is 11.3 Å². The first-order chi connectivity index (χ1) is 11.3. The summed E-state index contributed by atoms with van der Waals surface area (Å²) in [6, 6.07) is 6.54. The predicted octanol–water partition coefficient (Wildman–Crippen LogP) is 4.02. The van der Waals surface area contributed by atoms with Crippen molar-refractivity contribution in [2.75, 3.05) is 5.32 Å². The van der Waals surface area contributed by atoms with Gasteiger partial charge >= 0.3 is 0 Å². The zero-order valence-corrected chi connectivity index (χ0v) is 15.2. The molecule has 0 fully saturated rings. The van der Waals surface area contributed by atoms with Gasteiger partial charge in [-0.3, -0.25) is 14.2 Å². The Morgan fingerprint density at radius 1 is 1.21 bits per heavy atom. The average molecular weight is 382 g/mol. The Morgan fingerprint density at radius 3 is 2.54 bits per heavy atom. The van der Waals surface area contributed by atoms with Crippen LogP contribution in [-0.4, -0.2) is 15.5 Å². The number of hydrogen-bond donors (Lipinski definition) is 1. The summed E-state index contributed by atoms with van der Waals surface area (Å²) < 4.78 is 1.36. The van der Waals surface area contributed by atoms with E-state index in [4.69, 9.17) is 23.2 Å². The van der Waals surface area contributed by atoms with E-state index < -0.39 is 0 Å². The van der Waals surface area contributed by atoms with Crippen LogP contribution in [0.1, 0.15) is 10.7 Å². The smallest absolute Gasteiger partial charge is 0.262 e. The molecule has 0 aliphatic rings. The van der Waals surface area contributed by atoms with Crippen molar-refractivity contribution in [1.29, 1.82) is 0 Å². The molecule has 3 aromatic rings. The molecule has 0 atom stereocenters. The minimum atomic E-state index is -0.355. The predicted molar refractivity (Wildman–Crippen MR) is 98.4 cm³/mol. The van der Waals surface area contributed by atoms with E-state index in [2.05, 4.69) is 10.3 Å². The van der Waals surface area contributed by atoms with E-state index in [0.717, 1.165) is 4.88 Å². The summed E-state index contributed by atoms with van der Waals surface area (Å²) in [5.41, 5.74) is 0.254. The summed E-state index contributed by atoms with van der Waals surface area (Å²) in [6.45, 7) is 3.49. The van der Waals surface area contributed by atoms with Crippen LogP contribution in [0.15, 0.2) is 29.1 Å². The second kappa shape index (κ2) is 6.55. The van der Waals surface area contributed by atoms with E-state index >= 15 is 0 Å². The summed E-state index contributed by atoms with van der Waals surface area (Å²) in [4.78, 5) is 30.9. The standard InChI is InChI=1S/C16H13Cl2N3O2S/c1-8-3-13-15(24-8)19-9(2)21(16(13)23)7-14(22)20-12-5-10(17)4-11(18)6-12/h3-6H,7H2,1-2H3,(H,20,22). The third-order valence-electron chi connectivity index (χ3n) is 3.41. The molecule has 0 saturated carbocycles. The first-order valence-electron chi connectivity index (χ1n) is 7.07. The molecule has 24 heavy (non-hydrogen) atoms. The highest BCUT2D eigenvalue weighted by Gasteiger charge is 2.13. The number of rotatable bonds is 3. The monoisotopic (exact) mass is 381 g/mol. The molecule has 1 aromatic carbocycles. The highest BCUT2D eigenvalue weighted by molar-refractivity contribution is 7.18. The second-order valence-corrected chi connectivity index (χ2v) is 7.44. The van der Waals surface area contributed by atoms with Gasteiger partial charge in [0.25, 0.3) is 5.56 Å². The Hall–Kier alpha value is -1.89. The van der Waals surface area contributed by atoms with E-state index in [1.165, 1.54) is 15.9 Å². The lowest BCUT2D eigenvalue weighted by Crippen LogP contribution is -2.29. The first-order valence-corrected chi connectivity index (χ1v) is 8.64. The van der Waals surface area contributed by atoms with Gasteiger partial charge in [0.1, 0.15) is 17.2 Å². The van der Waals surface area contributed by atoms with Crippen LogP contribution >= 0.6 is 34.5 Å². The van der Waals surface area contributed by atoms with Crippen LogP contribution in [0.3, 0.4) is 0 Å². The molecule has 0 radical (unpaired) electrons. The number of benzene rings is 1. The molecule has 1 amide bonds. The molecule has 2 heterocycles. The summed E-state index contributed by atoms with van der Waals surface area (Å²) in [5, 5.41) is 4.06. The van der Waals surface area contributed by atoms with Gasteiger partial charge in [-0.2, -0.15) is 0 Å². The number of thiophene rings is 1. The molecule has 0 aliphatic heterocycles. The number of halogens is 2. The molecule has 3 rings (SSSR count). The van der Waals surface area contributed by atoms with Gasteiger partial charge in [-0.1, -0.05) is 23.2 Å². The molecular formula is C16H13Cl2N3O2S. The van der Waals surface area contributed by atoms with Gasteiger partial charge in [-0.25, -0.2) is 4.98 Å². The third-order valence-corrected chi connectivity index (χ3v) is 4.79. The molecular weight excluding hydrogens is 369 g/mol. The molecule has 5 nitrogen and oxygen atoms in total. The van der Waals surface area contributed by atoms with Gasteiger partial charge in [0.15, 0.2) is 0 Å². The Balaban J connectivity index is 1.89. The molecule has 124 valence electrons. The summed E-state index contributed by atoms with van der Waals surface area (Å²) in [7, 11) is 0. The topological polar surface area (TPSA) is 64.0 Å². The fourth-order valence-electron chi connectivity index (χ4n) is 2.39. The number of anilines is 1. The highest BCUT2D eigenvalue weighted by atomic mass is 35.5. The third kappa shape index (κ3) is 3.45. The van der Waals surface area contributed by atoms with Crippen LogP contribution in [0.2, 0.25) is 10.0 Å². The molecule has 0 spiro atoms. The van der Waals surface area contributed by atoms with Crippen molar-refractivity contribution in [1.82, 2.24) is 9.55 Å². The number of nitrogens with one attached hydrogen (secondary N) is 1. The van der Waals surface area contributed by atoms with Crippen LogP contribution in [-0.2, 0) is 11.3 Å². The molecule has 0 unspecified atom stereocenters. The summed E-state index contributed by atoms with van der Waals surface area (Å²) in [5.74, 6) is 0.139. The normalized spacial score (nSPS) is 11.0. The van der Waals surface area contributed by atoms with Gasteiger partial charge in [0, 0.05) is 20.6 Å². The highest BCUT2D eigenvalue weighted by Crippen LogP contribution is 2.23. The van der Waals surface area contributed by atoms with Crippen LogP contribution in [0.5, 0.6) is 0 Å². The average Bonchev–Trinajstić information content (AvgIpc) is 2.83.